The summed E-state index contributed by atoms with van der Waals surface area (Å²) >= 11 is 0. The Morgan fingerprint density at radius 3 is 3.00 bits per heavy atom. The summed E-state index contributed by atoms with van der Waals surface area (Å²) in [5.41, 5.74) is 1.21. The standard InChI is InChI=1S/C15H25N3/c1-2-12-4-3-5-15(10-12)18-9-8-14(17-18)11-16-13-6-7-13/h8-9,12-13,15-16H,2-7,10-11H2,1H3. The van der Waals surface area contributed by atoms with Crippen LogP contribution in [0.15, 0.2) is 12.3 Å². The Balaban J connectivity index is 1.57. The lowest BCUT2D eigenvalue weighted by Gasteiger charge is -2.28. The van der Waals surface area contributed by atoms with Crippen LogP contribution in [0.2, 0.25) is 0 Å². The highest BCUT2D eigenvalue weighted by atomic mass is 15.3. The third-order valence-corrected chi connectivity index (χ3v) is 4.52. The van der Waals surface area contributed by atoms with E-state index in [1.807, 2.05) is 0 Å². The average molecular weight is 247 g/mol. The molecule has 0 amide bonds. The molecule has 3 heteroatoms. The van der Waals surface area contributed by atoms with Crippen LogP contribution in [0.5, 0.6) is 0 Å². The van der Waals surface area contributed by atoms with E-state index in [0.29, 0.717) is 6.04 Å². The second-order valence-corrected chi connectivity index (χ2v) is 6.04. The van der Waals surface area contributed by atoms with Crippen molar-refractivity contribution < 1.29 is 0 Å². The molecule has 1 N–H and O–H groups in total. The maximum absolute atomic E-state index is 4.76. The van der Waals surface area contributed by atoms with E-state index >= 15 is 0 Å². The fraction of sp³-hybridized carbons (Fsp3) is 0.800. The minimum Gasteiger partial charge on any atom is -0.308 e. The number of nitrogens with one attached hydrogen (secondary N) is 1. The van der Waals surface area contributed by atoms with Crippen LogP contribution in [0, 0.1) is 5.92 Å². The molecule has 0 bridgehead atoms. The second kappa shape index (κ2) is 5.43. The van der Waals surface area contributed by atoms with Crippen LogP contribution in [0.3, 0.4) is 0 Å². The average Bonchev–Trinajstić information content (AvgIpc) is 3.13. The van der Waals surface area contributed by atoms with Crippen LogP contribution in [0.25, 0.3) is 0 Å². The highest BCUT2D eigenvalue weighted by molar-refractivity contribution is 5.01. The molecule has 0 aromatic carbocycles. The normalized spacial score (nSPS) is 28.5. The van der Waals surface area contributed by atoms with Gasteiger partial charge in [-0.1, -0.05) is 26.2 Å². The number of aromatic nitrogens is 2. The van der Waals surface area contributed by atoms with Gasteiger partial charge in [0.25, 0.3) is 0 Å². The first kappa shape index (κ1) is 12.2. The van der Waals surface area contributed by atoms with E-state index in [1.54, 1.807) is 0 Å². The first-order valence-electron chi connectivity index (χ1n) is 7.62. The smallest absolute Gasteiger partial charge is 0.0762 e. The third kappa shape index (κ3) is 2.94. The quantitative estimate of drug-likeness (QED) is 0.865. The minimum atomic E-state index is 0.651. The molecule has 100 valence electrons. The number of nitrogens with zero attached hydrogens (tertiary/aromatic N) is 2. The van der Waals surface area contributed by atoms with Crippen molar-refractivity contribution in [2.75, 3.05) is 0 Å². The summed E-state index contributed by atoms with van der Waals surface area (Å²) in [6.07, 6.45) is 11.6. The van der Waals surface area contributed by atoms with Crippen molar-refractivity contribution in [1.82, 2.24) is 15.1 Å². The Morgan fingerprint density at radius 2 is 2.22 bits per heavy atom. The molecule has 18 heavy (non-hydrogen) atoms. The molecule has 2 unspecified atom stereocenters. The Kier molecular flexibility index (Phi) is 3.69. The second-order valence-electron chi connectivity index (χ2n) is 6.04. The minimum absolute atomic E-state index is 0.651. The van der Waals surface area contributed by atoms with Crippen LogP contribution in [0.1, 0.15) is 63.6 Å². The molecule has 0 radical (unpaired) electrons. The Labute approximate surface area is 110 Å². The Bertz CT molecular complexity index is 381. The van der Waals surface area contributed by atoms with Crippen molar-refractivity contribution in [2.45, 2.75) is 70.5 Å². The zero-order valence-electron chi connectivity index (χ0n) is 11.4. The fourth-order valence-electron chi connectivity index (χ4n) is 3.09. The molecule has 2 aliphatic rings. The highest BCUT2D eigenvalue weighted by Crippen LogP contribution is 2.33. The monoisotopic (exact) mass is 247 g/mol. The van der Waals surface area contributed by atoms with Gasteiger partial charge in [0.2, 0.25) is 0 Å². The summed E-state index contributed by atoms with van der Waals surface area (Å²) in [6, 6.07) is 3.61. The Morgan fingerprint density at radius 1 is 1.33 bits per heavy atom. The summed E-state index contributed by atoms with van der Waals surface area (Å²) in [5, 5.41) is 8.29. The number of hydrogen-bond acceptors (Lipinski definition) is 2. The fourth-order valence-corrected chi connectivity index (χ4v) is 3.09. The lowest BCUT2D eigenvalue weighted by atomic mass is 9.84. The van der Waals surface area contributed by atoms with E-state index in [2.05, 4.69) is 29.2 Å². The van der Waals surface area contributed by atoms with Crippen molar-refractivity contribution >= 4 is 0 Å². The molecular weight excluding hydrogens is 222 g/mol. The van der Waals surface area contributed by atoms with E-state index in [-0.39, 0.29) is 0 Å². The molecule has 3 nitrogen and oxygen atoms in total. The maximum Gasteiger partial charge on any atom is 0.0762 e. The molecule has 2 aliphatic carbocycles. The summed E-state index contributed by atoms with van der Waals surface area (Å²) in [6.45, 7) is 3.27. The van der Waals surface area contributed by atoms with Gasteiger partial charge in [0, 0.05) is 18.8 Å². The summed E-state index contributed by atoms with van der Waals surface area (Å²) in [4.78, 5) is 0. The molecular formula is C15H25N3. The van der Waals surface area contributed by atoms with E-state index in [0.717, 1.165) is 18.5 Å². The van der Waals surface area contributed by atoms with Crippen LogP contribution in [0.4, 0.5) is 0 Å². The predicted octanol–water partition coefficient (Wildman–Crippen LogP) is 3.28. The van der Waals surface area contributed by atoms with E-state index in [4.69, 9.17) is 5.10 Å². The largest absolute Gasteiger partial charge is 0.308 e. The lowest BCUT2D eigenvalue weighted by molar-refractivity contribution is 0.247. The third-order valence-electron chi connectivity index (χ3n) is 4.52. The van der Waals surface area contributed by atoms with Crippen LogP contribution in [-0.4, -0.2) is 15.8 Å². The van der Waals surface area contributed by atoms with Gasteiger partial charge in [-0.3, -0.25) is 4.68 Å². The van der Waals surface area contributed by atoms with Crippen molar-refractivity contribution in [3.8, 4) is 0 Å². The van der Waals surface area contributed by atoms with Gasteiger partial charge in [-0.2, -0.15) is 5.10 Å². The van der Waals surface area contributed by atoms with Gasteiger partial charge in [-0.05, 0) is 37.7 Å². The van der Waals surface area contributed by atoms with Crippen LogP contribution >= 0.6 is 0 Å². The molecule has 0 spiro atoms. The first-order chi connectivity index (χ1) is 8.85. The molecule has 3 rings (SSSR count). The zero-order valence-corrected chi connectivity index (χ0v) is 11.4. The van der Waals surface area contributed by atoms with Gasteiger partial charge >= 0.3 is 0 Å². The SMILES string of the molecule is CCC1CCCC(n2ccc(CNC3CC3)n2)C1. The summed E-state index contributed by atoms with van der Waals surface area (Å²) in [7, 11) is 0. The van der Waals surface area contributed by atoms with Crippen molar-refractivity contribution in [3.05, 3.63) is 18.0 Å². The van der Waals surface area contributed by atoms with E-state index in [1.165, 1.54) is 50.6 Å². The van der Waals surface area contributed by atoms with Crippen molar-refractivity contribution in [3.63, 3.8) is 0 Å². The lowest BCUT2D eigenvalue weighted by Crippen LogP contribution is -2.20. The van der Waals surface area contributed by atoms with E-state index in [9.17, 15) is 0 Å². The number of hydrogen-bond donors (Lipinski definition) is 1. The highest BCUT2D eigenvalue weighted by Gasteiger charge is 2.23. The molecule has 2 atom stereocenters. The van der Waals surface area contributed by atoms with Gasteiger partial charge in [-0.25, -0.2) is 0 Å². The van der Waals surface area contributed by atoms with E-state index < -0.39 is 0 Å². The Hall–Kier alpha value is -0.830. The molecule has 1 aromatic rings. The number of rotatable bonds is 5. The van der Waals surface area contributed by atoms with Gasteiger partial charge in [0.1, 0.15) is 0 Å². The summed E-state index contributed by atoms with van der Waals surface area (Å²) < 4.78 is 2.23. The molecule has 0 aliphatic heterocycles. The van der Waals surface area contributed by atoms with Gasteiger partial charge < -0.3 is 5.32 Å². The van der Waals surface area contributed by atoms with Gasteiger partial charge in [-0.15, -0.1) is 0 Å². The zero-order chi connectivity index (χ0) is 12.4. The van der Waals surface area contributed by atoms with Crippen LogP contribution < -0.4 is 5.32 Å². The summed E-state index contributed by atoms with van der Waals surface area (Å²) in [5.74, 6) is 0.918. The van der Waals surface area contributed by atoms with Gasteiger partial charge in [0.05, 0.1) is 11.7 Å². The predicted molar refractivity (Wildman–Crippen MR) is 73.4 cm³/mol. The van der Waals surface area contributed by atoms with Crippen LogP contribution in [-0.2, 0) is 6.54 Å². The van der Waals surface area contributed by atoms with Gasteiger partial charge in [0.15, 0.2) is 0 Å². The first-order valence-corrected chi connectivity index (χ1v) is 7.62. The molecule has 2 fully saturated rings. The molecule has 1 aromatic heterocycles. The topological polar surface area (TPSA) is 29.9 Å². The van der Waals surface area contributed by atoms with Crippen molar-refractivity contribution in [2.24, 2.45) is 5.92 Å². The molecule has 1 heterocycles. The molecule has 0 saturated heterocycles. The molecule has 2 saturated carbocycles. The van der Waals surface area contributed by atoms with Crippen molar-refractivity contribution in [1.29, 1.82) is 0 Å². The maximum atomic E-state index is 4.76.